The summed E-state index contributed by atoms with van der Waals surface area (Å²) in [5.74, 6) is 0.414. The Morgan fingerprint density at radius 3 is 1.69 bits per heavy atom. The van der Waals surface area contributed by atoms with Crippen molar-refractivity contribution in [3.8, 4) is 33.4 Å². The van der Waals surface area contributed by atoms with E-state index in [1.807, 2.05) is 0 Å². The number of allylic oxidation sites excluding steroid dienone is 4. The Bertz CT molecular complexity index is 2300. The molecule has 0 aliphatic heterocycles. The van der Waals surface area contributed by atoms with Crippen LogP contribution in [0, 0.1) is 18.3 Å². The predicted molar refractivity (Wildman–Crippen MR) is 228 cm³/mol. The average molecular weight is 845 g/mol. The second-order valence-corrected chi connectivity index (χ2v) is 25.1. The van der Waals surface area contributed by atoms with Gasteiger partial charge in [0.15, 0.2) is 0 Å². The van der Waals surface area contributed by atoms with Crippen molar-refractivity contribution in [3.63, 3.8) is 0 Å². The monoisotopic (exact) mass is 842 g/mol. The molecule has 0 saturated carbocycles. The Morgan fingerprint density at radius 1 is 0.618 bits per heavy atom. The molecule has 7 rings (SSSR count). The van der Waals surface area contributed by atoms with Gasteiger partial charge in [-0.1, -0.05) is 0 Å². The first-order chi connectivity index (χ1) is 24.9. The molecule has 3 heteroatoms. The molecule has 0 aromatic heterocycles. The van der Waals surface area contributed by atoms with Crippen molar-refractivity contribution in [1.29, 1.82) is 0 Å². The molecule has 0 radical (unpaired) electrons. The SMILES string of the molecule is C/[C](c1ccc(C)cc1)=[Zr+2](\[C]1=CC(C(C)(C)C)=CC1C)[c]1c2c(cc(C(C)(C)C)c1-c1ccccc1)-c1cc(C(C)(C)C)c(-c3ccccc3)cc1C2.[Cl-].[Cl-]. The van der Waals surface area contributed by atoms with Gasteiger partial charge in [-0.25, -0.2) is 0 Å². The molecule has 2 aliphatic rings. The molecule has 0 fully saturated rings. The van der Waals surface area contributed by atoms with Gasteiger partial charge in [-0.05, 0) is 0 Å². The molecule has 2 aliphatic carbocycles. The molecule has 0 saturated heterocycles. The van der Waals surface area contributed by atoms with E-state index >= 15 is 0 Å². The normalized spacial score (nSPS) is 15.3. The molecule has 55 heavy (non-hydrogen) atoms. The standard InChI is InChI=1S/C33H33.C10H15.C9H10.2ClH.Zr/c1-32(2,3)30-20-26-24(18-28(30)22-13-9-7-10-14-22)17-25-19-29(23-15-11-8-12-16-23)31(21-27(25)26)33(4,5)6;1-8-5-6-9(7-8)10(2,3)4;1-3-9-6-4-8(2)5-7-9;;;/h7-16,18,20-21H,17H2,1-6H3;6-8H,1-4H3;4-7H,1-2H3;2*1H;/q;;;;;+2/p-2. The molecule has 0 heterocycles. The summed E-state index contributed by atoms with van der Waals surface area (Å²) in [5.41, 5.74) is 18.7. The van der Waals surface area contributed by atoms with Crippen molar-refractivity contribution in [2.45, 2.75) is 100 Å². The van der Waals surface area contributed by atoms with Gasteiger partial charge in [0.2, 0.25) is 0 Å². The maximum absolute atomic E-state index is 2.92. The molecule has 1 atom stereocenters. The van der Waals surface area contributed by atoms with Crippen molar-refractivity contribution in [1.82, 2.24) is 0 Å². The Kier molecular flexibility index (Phi) is 12.6. The predicted octanol–water partition coefficient (Wildman–Crippen LogP) is 7.49. The van der Waals surface area contributed by atoms with Crippen LogP contribution in [0.5, 0.6) is 0 Å². The largest absolute Gasteiger partial charge is 1.00 e. The molecule has 284 valence electrons. The van der Waals surface area contributed by atoms with Gasteiger partial charge in [0.1, 0.15) is 0 Å². The molecule has 0 spiro atoms. The number of hydrogen-bond donors (Lipinski definition) is 0. The minimum Gasteiger partial charge on any atom is -1.00 e. The van der Waals surface area contributed by atoms with Gasteiger partial charge >= 0.3 is 330 Å². The molecule has 1 unspecified atom stereocenters. The van der Waals surface area contributed by atoms with Crippen molar-refractivity contribution in [2.24, 2.45) is 11.3 Å². The average Bonchev–Trinajstić information content (AvgIpc) is 3.68. The first kappa shape index (κ1) is 43.0. The van der Waals surface area contributed by atoms with Gasteiger partial charge in [0, 0.05) is 0 Å². The fourth-order valence-corrected chi connectivity index (χ4v) is 17.1. The van der Waals surface area contributed by atoms with E-state index in [0.717, 1.165) is 6.42 Å². The molecule has 0 nitrogen and oxygen atoms in total. The van der Waals surface area contributed by atoms with Gasteiger partial charge in [-0.15, -0.1) is 0 Å². The zero-order chi connectivity index (χ0) is 38.0. The van der Waals surface area contributed by atoms with Crippen LogP contribution >= 0.6 is 0 Å². The third kappa shape index (κ3) is 8.33. The Balaban J connectivity index is 0.00000290. The van der Waals surface area contributed by atoms with Crippen molar-refractivity contribution >= 4 is 6.48 Å². The summed E-state index contributed by atoms with van der Waals surface area (Å²) in [7, 11) is 0. The maximum Gasteiger partial charge on any atom is -1.00 e. The molecular weight excluding hydrogens is 787 g/mol. The summed E-state index contributed by atoms with van der Waals surface area (Å²) < 4.78 is 5.02. The number of halogens is 2. The van der Waals surface area contributed by atoms with E-state index < -0.39 is 21.3 Å². The topological polar surface area (TPSA) is 0 Å². The van der Waals surface area contributed by atoms with E-state index in [4.69, 9.17) is 0 Å². The second kappa shape index (κ2) is 16.0. The van der Waals surface area contributed by atoms with Crippen molar-refractivity contribution < 1.29 is 46.1 Å². The summed E-state index contributed by atoms with van der Waals surface area (Å²) in [5, 5.41) is 0. The third-order valence-corrected chi connectivity index (χ3v) is 19.6. The van der Waals surface area contributed by atoms with E-state index in [0.29, 0.717) is 5.92 Å². The zero-order valence-corrected chi connectivity index (χ0v) is 39.0. The number of benzene rings is 5. The first-order valence-corrected chi connectivity index (χ1v) is 23.3. The van der Waals surface area contributed by atoms with E-state index in [1.165, 1.54) is 66.8 Å². The first-order valence-electron chi connectivity index (χ1n) is 19.6. The van der Waals surface area contributed by atoms with Crippen LogP contribution in [0.4, 0.5) is 0 Å². The number of hydrogen-bond acceptors (Lipinski definition) is 0. The summed E-state index contributed by atoms with van der Waals surface area (Å²) in [6, 6.07) is 39.7. The van der Waals surface area contributed by atoms with Crippen LogP contribution in [-0.4, -0.2) is 3.21 Å². The van der Waals surface area contributed by atoms with Crippen LogP contribution in [0.3, 0.4) is 0 Å². The molecule has 5 aromatic rings. The van der Waals surface area contributed by atoms with Crippen LogP contribution in [0.15, 0.2) is 124 Å². The van der Waals surface area contributed by atoms with Crippen molar-refractivity contribution in [2.75, 3.05) is 0 Å². The molecule has 0 amide bonds. The van der Waals surface area contributed by atoms with Gasteiger partial charge in [0.25, 0.3) is 0 Å². The minimum atomic E-state index is -2.92. The fourth-order valence-electron chi connectivity index (χ4n) is 8.60. The Labute approximate surface area is 352 Å². The fraction of sp³-hybridized carbons (Fsp3) is 0.327. The zero-order valence-electron chi connectivity index (χ0n) is 35.0. The molecule has 5 aromatic carbocycles. The van der Waals surface area contributed by atoms with E-state index in [2.05, 4.69) is 198 Å². The second-order valence-electron chi connectivity index (χ2n) is 18.8. The van der Waals surface area contributed by atoms with Crippen LogP contribution < -0.4 is 28.1 Å². The molecular formula is C52H58Cl2Zr. The van der Waals surface area contributed by atoms with E-state index in [1.54, 1.807) is 15.3 Å². The van der Waals surface area contributed by atoms with Gasteiger partial charge in [-0.3, -0.25) is 0 Å². The Morgan fingerprint density at radius 2 is 1.16 bits per heavy atom. The number of fused-ring (bicyclic) bond motifs is 3. The van der Waals surface area contributed by atoms with Gasteiger partial charge in [0.05, 0.1) is 0 Å². The van der Waals surface area contributed by atoms with E-state index in [9.17, 15) is 0 Å². The summed E-state index contributed by atoms with van der Waals surface area (Å²) >= 11 is -2.92. The van der Waals surface area contributed by atoms with Crippen molar-refractivity contribution in [3.05, 3.63) is 158 Å². The smallest absolute Gasteiger partial charge is 1.00 e. The van der Waals surface area contributed by atoms with Gasteiger partial charge in [-0.2, -0.15) is 0 Å². The quantitative estimate of drug-likeness (QED) is 0.169. The van der Waals surface area contributed by atoms with Crippen LogP contribution in [-0.2, 0) is 38.5 Å². The summed E-state index contributed by atoms with van der Waals surface area (Å²) in [4.78, 5) is 0. The number of aryl methyl sites for hydroxylation is 1. The summed E-state index contributed by atoms with van der Waals surface area (Å²) in [6.45, 7) is 28.7. The summed E-state index contributed by atoms with van der Waals surface area (Å²) in [6.07, 6.45) is 6.22. The van der Waals surface area contributed by atoms with Crippen LogP contribution in [0.1, 0.15) is 110 Å². The van der Waals surface area contributed by atoms with Gasteiger partial charge < -0.3 is 24.8 Å². The maximum atomic E-state index is 2.66. The van der Waals surface area contributed by atoms with E-state index in [-0.39, 0.29) is 41.1 Å². The van der Waals surface area contributed by atoms with Crippen LogP contribution in [0.25, 0.3) is 33.4 Å². The minimum absolute atomic E-state index is 0. The molecule has 0 bridgehead atoms. The van der Waals surface area contributed by atoms with Crippen LogP contribution in [0.2, 0.25) is 0 Å². The number of rotatable bonds is 5. The third-order valence-electron chi connectivity index (χ3n) is 11.6. The molecule has 0 N–H and O–H groups in total. The Hall–Kier alpha value is -3.09.